The number of ether oxygens (including phenoxy) is 1. The van der Waals surface area contributed by atoms with Crippen LogP contribution in [0.4, 0.5) is 0 Å². The summed E-state index contributed by atoms with van der Waals surface area (Å²) < 4.78 is 4.95. The Kier molecular flexibility index (Phi) is 1.96. The molecule has 0 radical (unpaired) electrons. The molecule has 2 heterocycles. The zero-order chi connectivity index (χ0) is 9.10. The molecule has 0 aromatic carbocycles. The number of hydrogen-bond donors (Lipinski definition) is 1. The molecule has 2 rings (SSSR count). The van der Waals surface area contributed by atoms with Gasteiger partial charge < -0.3 is 9.72 Å². The van der Waals surface area contributed by atoms with Gasteiger partial charge in [0.1, 0.15) is 0 Å². The Bertz CT molecular complexity index is 366. The van der Waals surface area contributed by atoms with Crippen molar-refractivity contribution in [2.75, 3.05) is 7.11 Å². The Balaban J connectivity index is 2.33. The molecule has 66 valence electrons. The zero-order valence-corrected chi connectivity index (χ0v) is 7.19. The van der Waals surface area contributed by atoms with Gasteiger partial charge in [0.15, 0.2) is 0 Å². The second kappa shape index (κ2) is 3.26. The summed E-state index contributed by atoms with van der Waals surface area (Å²) in [5.74, 6) is 0.614. The van der Waals surface area contributed by atoms with Crippen LogP contribution in [0.15, 0.2) is 30.9 Å². The van der Waals surface area contributed by atoms with E-state index in [1.165, 1.54) is 0 Å². The topological polar surface area (TPSA) is 50.8 Å². The Morgan fingerprint density at radius 2 is 2.23 bits per heavy atom. The number of pyridine rings is 1. The molecule has 1 N–H and O–H groups in total. The summed E-state index contributed by atoms with van der Waals surface area (Å²) in [6, 6.07) is 3.75. The maximum Gasteiger partial charge on any atom is 0.212 e. The van der Waals surface area contributed by atoms with Gasteiger partial charge in [-0.2, -0.15) is 0 Å². The summed E-state index contributed by atoms with van der Waals surface area (Å²) in [4.78, 5) is 11.0. The Morgan fingerprint density at radius 3 is 2.77 bits per heavy atom. The number of imidazole rings is 1. The molecule has 0 aliphatic heterocycles. The standard InChI is InChI=1S/C9H9N3O/c1-13-9-3-2-7(4-11-9)8-5-10-6-12-8/h2-6H,1H3,(H,10,12). The van der Waals surface area contributed by atoms with Crippen LogP contribution in [0.25, 0.3) is 11.3 Å². The van der Waals surface area contributed by atoms with Crippen molar-refractivity contribution in [3.63, 3.8) is 0 Å². The fraction of sp³-hybridized carbons (Fsp3) is 0.111. The molecule has 4 nitrogen and oxygen atoms in total. The van der Waals surface area contributed by atoms with Gasteiger partial charge in [-0.3, -0.25) is 0 Å². The first-order chi connectivity index (χ1) is 6.40. The summed E-state index contributed by atoms with van der Waals surface area (Å²) in [6.45, 7) is 0. The normalized spacial score (nSPS) is 9.92. The fourth-order valence-electron chi connectivity index (χ4n) is 1.07. The number of aromatic amines is 1. The fourth-order valence-corrected chi connectivity index (χ4v) is 1.07. The first-order valence-corrected chi connectivity index (χ1v) is 3.89. The van der Waals surface area contributed by atoms with E-state index in [1.54, 1.807) is 25.8 Å². The van der Waals surface area contributed by atoms with Gasteiger partial charge in [-0.1, -0.05) is 0 Å². The molecule has 2 aromatic heterocycles. The van der Waals surface area contributed by atoms with Gasteiger partial charge in [-0.15, -0.1) is 0 Å². The van der Waals surface area contributed by atoms with E-state index in [4.69, 9.17) is 4.74 Å². The second-order valence-corrected chi connectivity index (χ2v) is 2.55. The van der Waals surface area contributed by atoms with Crippen LogP contribution in [0.5, 0.6) is 5.88 Å². The number of nitrogens with zero attached hydrogens (tertiary/aromatic N) is 2. The number of aromatic nitrogens is 3. The molecule has 0 aliphatic rings. The Morgan fingerprint density at radius 1 is 1.31 bits per heavy atom. The van der Waals surface area contributed by atoms with Gasteiger partial charge in [0.05, 0.1) is 25.3 Å². The van der Waals surface area contributed by atoms with Gasteiger partial charge >= 0.3 is 0 Å². The van der Waals surface area contributed by atoms with Gasteiger partial charge in [0.2, 0.25) is 5.88 Å². The lowest BCUT2D eigenvalue weighted by molar-refractivity contribution is 0.398. The second-order valence-electron chi connectivity index (χ2n) is 2.55. The Hall–Kier alpha value is -1.84. The van der Waals surface area contributed by atoms with Crippen molar-refractivity contribution < 1.29 is 4.74 Å². The molecule has 4 heteroatoms. The first-order valence-electron chi connectivity index (χ1n) is 3.89. The van der Waals surface area contributed by atoms with Gasteiger partial charge in [-0.25, -0.2) is 9.97 Å². The third kappa shape index (κ3) is 1.51. The monoisotopic (exact) mass is 175 g/mol. The molecule has 0 fully saturated rings. The van der Waals surface area contributed by atoms with Crippen molar-refractivity contribution in [1.82, 2.24) is 15.0 Å². The van der Waals surface area contributed by atoms with E-state index in [-0.39, 0.29) is 0 Å². The van der Waals surface area contributed by atoms with E-state index in [2.05, 4.69) is 15.0 Å². The van der Waals surface area contributed by atoms with Crippen molar-refractivity contribution >= 4 is 0 Å². The molecule has 13 heavy (non-hydrogen) atoms. The van der Waals surface area contributed by atoms with Crippen molar-refractivity contribution in [1.29, 1.82) is 0 Å². The maximum atomic E-state index is 4.95. The Labute approximate surface area is 75.6 Å². The average molecular weight is 175 g/mol. The predicted octanol–water partition coefficient (Wildman–Crippen LogP) is 1.48. The lowest BCUT2D eigenvalue weighted by Crippen LogP contribution is -1.86. The molecular formula is C9H9N3O. The zero-order valence-electron chi connectivity index (χ0n) is 7.19. The van der Waals surface area contributed by atoms with Gasteiger partial charge in [0.25, 0.3) is 0 Å². The number of rotatable bonds is 2. The van der Waals surface area contributed by atoms with Crippen molar-refractivity contribution in [2.45, 2.75) is 0 Å². The molecule has 0 saturated carbocycles. The summed E-state index contributed by atoms with van der Waals surface area (Å²) in [5.41, 5.74) is 1.95. The SMILES string of the molecule is COc1ccc(-c2cnc[nH]2)cn1. The van der Waals surface area contributed by atoms with E-state index >= 15 is 0 Å². The summed E-state index contributed by atoms with van der Waals surface area (Å²) >= 11 is 0. The number of H-pyrrole nitrogens is 1. The highest BCUT2D eigenvalue weighted by atomic mass is 16.5. The van der Waals surface area contributed by atoms with Crippen LogP contribution in [-0.2, 0) is 0 Å². The van der Waals surface area contributed by atoms with Gasteiger partial charge in [0, 0.05) is 17.8 Å². The van der Waals surface area contributed by atoms with E-state index < -0.39 is 0 Å². The number of methoxy groups -OCH3 is 1. The minimum Gasteiger partial charge on any atom is -0.481 e. The highest BCUT2D eigenvalue weighted by molar-refractivity contribution is 5.56. The molecule has 0 bridgehead atoms. The highest BCUT2D eigenvalue weighted by Crippen LogP contribution is 2.16. The minimum atomic E-state index is 0.614. The van der Waals surface area contributed by atoms with Crippen LogP contribution in [0, 0.1) is 0 Å². The third-order valence-electron chi connectivity index (χ3n) is 1.75. The van der Waals surface area contributed by atoms with Crippen LogP contribution in [0.1, 0.15) is 0 Å². The third-order valence-corrected chi connectivity index (χ3v) is 1.75. The van der Waals surface area contributed by atoms with Crippen LogP contribution >= 0.6 is 0 Å². The largest absolute Gasteiger partial charge is 0.481 e. The van der Waals surface area contributed by atoms with Crippen LogP contribution in [0.3, 0.4) is 0 Å². The summed E-state index contributed by atoms with van der Waals surface area (Å²) in [7, 11) is 1.60. The van der Waals surface area contributed by atoms with E-state index in [9.17, 15) is 0 Å². The summed E-state index contributed by atoms with van der Waals surface area (Å²) in [6.07, 6.45) is 5.13. The molecule has 2 aromatic rings. The molecule has 0 spiro atoms. The minimum absolute atomic E-state index is 0.614. The average Bonchev–Trinajstić information content (AvgIpc) is 2.71. The maximum absolute atomic E-state index is 4.95. The predicted molar refractivity (Wildman–Crippen MR) is 48.4 cm³/mol. The van der Waals surface area contributed by atoms with Crippen LogP contribution in [0.2, 0.25) is 0 Å². The smallest absolute Gasteiger partial charge is 0.212 e. The van der Waals surface area contributed by atoms with Crippen LogP contribution < -0.4 is 4.74 Å². The molecule has 0 aliphatic carbocycles. The van der Waals surface area contributed by atoms with Crippen LogP contribution in [-0.4, -0.2) is 22.1 Å². The molecule has 0 atom stereocenters. The van der Waals surface area contributed by atoms with E-state index in [0.29, 0.717) is 5.88 Å². The van der Waals surface area contributed by atoms with E-state index in [0.717, 1.165) is 11.3 Å². The lowest BCUT2D eigenvalue weighted by Gasteiger charge is -1.99. The first kappa shape index (κ1) is 7.79. The van der Waals surface area contributed by atoms with Crippen molar-refractivity contribution in [3.05, 3.63) is 30.9 Å². The molecule has 0 saturated heterocycles. The molecule has 0 amide bonds. The number of nitrogens with one attached hydrogen (secondary N) is 1. The van der Waals surface area contributed by atoms with Gasteiger partial charge in [-0.05, 0) is 6.07 Å². The molecular weight excluding hydrogens is 166 g/mol. The highest BCUT2D eigenvalue weighted by Gasteiger charge is 1.98. The molecule has 0 unspecified atom stereocenters. The van der Waals surface area contributed by atoms with E-state index in [1.807, 2.05) is 12.1 Å². The van der Waals surface area contributed by atoms with Crippen molar-refractivity contribution in [2.24, 2.45) is 0 Å². The quantitative estimate of drug-likeness (QED) is 0.752. The number of hydrogen-bond acceptors (Lipinski definition) is 3. The summed E-state index contributed by atoms with van der Waals surface area (Å²) in [5, 5.41) is 0. The van der Waals surface area contributed by atoms with Crippen molar-refractivity contribution in [3.8, 4) is 17.1 Å². The lowest BCUT2D eigenvalue weighted by atomic mass is 10.2.